The molecule has 0 spiro atoms. The smallest absolute Gasteiger partial charge is 0.236 e. The molecule has 0 aromatic rings. The second kappa shape index (κ2) is 5.83. The van der Waals surface area contributed by atoms with E-state index in [4.69, 9.17) is 0 Å². The summed E-state index contributed by atoms with van der Waals surface area (Å²) in [5.74, 6) is 0.752. The third-order valence-electron chi connectivity index (χ3n) is 4.11. The van der Waals surface area contributed by atoms with E-state index >= 15 is 0 Å². The van der Waals surface area contributed by atoms with E-state index in [9.17, 15) is 9.59 Å². The zero-order chi connectivity index (χ0) is 13.1. The van der Waals surface area contributed by atoms with Gasteiger partial charge in [0.2, 0.25) is 5.91 Å². The SMILES string of the molecule is CCC1CN(CC(=O)N(CC)C2CC2)CCC1=O. The van der Waals surface area contributed by atoms with Crippen LogP contribution in [0.4, 0.5) is 0 Å². The Morgan fingerprint density at radius 1 is 1.39 bits per heavy atom. The van der Waals surface area contributed by atoms with Gasteiger partial charge in [-0.3, -0.25) is 14.5 Å². The molecule has 1 heterocycles. The van der Waals surface area contributed by atoms with Gasteiger partial charge in [0, 0.05) is 38.0 Å². The fraction of sp³-hybridized carbons (Fsp3) is 0.857. The normalized spacial score (nSPS) is 25.2. The summed E-state index contributed by atoms with van der Waals surface area (Å²) in [4.78, 5) is 28.0. The molecule has 2 aliphatic rings. The van der Waals surface area contributed by atoms with Gasteiger partial charge in [0.15, 0.2) is 0 Å². The number of rotatable bonds is 5. The lowest BCUT2D eigenvalue weighted by atomic mass is 9.94. The molecule has 0 aromatic heterocycles. The first-order valence-electron chi connectivity index (χ1n) is 7.20. The van der Waals surface area contributed by atoms with Crippen molar-refractivity contribution in [1.82, 2.24) is 9.80 Å². The van der Waals surface area contributed by atoms with E-state index in [1.807, 2.05) is 11.8 Å². The molecular formula is C14H24N2O2. The summed E-state index contributed by atoms with van der Waals surface area (Å²) in [6.07, 6.45) is 3.83. The number of carbonyl (C=O) groups is 2. The zero-order valence-electron chi connectivity index (χ0n) is 11.5. The summed E-state index contributed by atoms with van der Waals surface area (Å²) in [5, 5.41) is 0. The van der Waals surface area contributed by atoms with Gasteiger partial charge in [-0.1, -0.05) is 6.92 Å². The van der Waals surface area contributed by atoms with Gasteiger partial charge in [0.1, 0.15) is 5.78 Å². The molecule has 102 valence electrons. The number of hydrogen-bond donors (Lipinski definition) is 0. The van der Waals surface area contributed by atoms with Crippen molar-refractivity contribution in [2.24, 2.45) is 5.92 Å². The van der Waals surface area contributed by atoms with Crippen molar-refractivity contribution < 1.29 is 9.59 Å². The maximum Gasteiger partial charge on any atom is 0.236 e. The van der Waals surface area contributed by atoms with Crippen LogP contribution in [0.15, 0.2) is 0 Å². The first-order chi connectivity index (χ1) is 8.65. The molecule has 18 heavy (non-hydrogen) atoms. The predicted molar refractivity (Wildman–Crippen MR) is 70.3 cm³/mol. The molecule has 1 saturated heterocycles. The molecule has 4 nitrogen and oxygen atoms in total. The van der Waals surface area contributed by atoms with Crippen LogP contribution in [0, 0.1) is 5.92 Å². The monoisotopic (exact) mass is 252 g/mol. The highest BCUT2D eigenvalue weighted by molar-refractivity contribution is 5.83. The van der Waals surface area contributed by atoms with Gasteiger partial charge in [0.25, 0.3) is 0 Å². The highest BCUT2D eigenvalue weighted by Crippen LogP contribution is 2.27. The summed E-state index contributed by atoms with van der Waals surface area (Å²) >= 11 is 0. The molecular weight excluding hydrogens is 228 g/mol. The van der Waals surface area contributed by atoms with Gasteiger partial charge in [-0.15, -0.1) is 0 Å². The van der Waals surface area contributed by atoms with Crippen LogP contribution >= 0.6 is 0 Å². The molecule has 1 unspecified atom stereocenters. The van der Waals surface area contributed by atoms with Crippen LogP contribution in [-0.4, -0.2) is 53.7 Å². The second-order valence-corrected chi connectivity index (χ2v) is 5.47. The number of nitrogens with zero attached hydrogens (tertiary/aromatic N) is 2. The number of piperidine rings is 1. The summed E-state index contributed by atoms with van der Waals surface area (Å²) in [6.45, 7) is 6.93. The minimum Gasteiger partial charge on any atom is -0.339 e. The maximum absolute atomic E-state index is 12.2. The number of likely N-dealkylation sites (tertiary alicyclic amines) is 1. The fourth-order valence-corrected chi connectivity index (χ4v) is 2.78. The largest absolute Gasteiger partial charge is 0.339 e. The van der Waals surface area contributed by atoms with Gasteiger partial charge in [0.05, 0.1) is 6.54 Å². The Labute approximate surface area is 109 Å². The number of hydrogen-bond acceptors (Lipinski definition) is 3. The van der Waals surface area contributed by atoms with E-state index < -0.39 is 0 Å². The molecule has 1 atom stereocenters. The van der Waals surface area contributed by atoms with Crippen molar-refractivity contribution in [2.45, 2.75) is 45.6 Å². The van der Waals surface area contributed by atoms with Crippen molar-refractivity contribution in [3.8, 4) is 0 Å². The predicted octanol–water partition coefficient (Wildman–Crippen LogP) is 1.30. The van der Waals surface area contributed by atoms with E-state index in [2.05, 4.69) is 11.8 Å². The number of Topliss-reactive ketones (excluding diaryl/α,β-unsaturated/α-hetero) is 1. The first kappa shape index (κ1) is 13.5. The molecule has 1 saturated carbocycles. The summed E-state index contributed by atoms with van der Waals surface area (Å²) < 4.78 is 0. The molecule has 1 aliphatic carbocycles. The van der Waals surface area contributed by atoms with Crippen molar-refractivity contribution in [3.63, 3.8) is 0 Å². The van der Waals surface area contributed by atoms with Gasteiger partial charge in [-0.2, -0.15) is 0 Å². The molecule has 0 bridgehead atoms. The van der Waals surface area contributed by atoms with Crippen LogP contribution in [0.5, 0.6) is 0 Å². The van der Waals surface area contributed by atoms with Crippen LogP contribution in [-0.2, 0) is 9.59 Å². The molecule has 0 aromatic carbocycles. The number of carbonyl (C=O) groups excluding carboxylic acids is 2. The highest BCUT2D eigenvalue weighted by Gasteiger charge is 2.33. The Morgan fingerprint density at radius 3 is 2.67 bits per heavy atom. The third-order valence-corrected chi connectivity index (χ3v) is 4.11. The molecule has 1 aliphatic heterocycles. The Morgan fingerprint density at radius 2 is 2.11 bits per heavy atom. The number of likely N-dealkylation sites (N-methyl/N-ethyl adjacent to an activating group) is 1. The van der Waals surface area contributed by atoms with Crippen LogP contribution in [0.2, 0.25) is 0 Å². The molecule has 0 radical (unpaired) electrons. The van der Waals surface area contributed by atoms with Crippen molar-refractivity contribution in [1.29, 1.82) is 0 Å². The van der Waals surface area contributed by atoms with Gasteiger partial charge >= 0.3 is 0 Å². The Hall–Kier alpha value is -0.900. The maximum atomic E-state index is 12.2. The Bertz CT molecular complexity index is 326. The van der Waals surface area contributed by atoms with Crippen molar-refractivity contribution in [2.75, 3.05) is 26.2 Å². The van der Waals surface area contributed by atoms with E-state index in [0.717, 1.165) is 38.9 Å². The highest BCUT2D eigenvalue weighted by atomic mass is 16.2. The molecule has 1 amide bonds. The third kappa shape index (κ3) is 3.10. The topological polar surface area (TPSA) is 40.6 Å². The lowest BCUT2D eigenvalue weighted by molar-refractivity contribution is -0.135. The average molecular weight is 252 g/mol. The molecule has 4 heteroatoms. The van der Waals surface area contributed by atoms with Crippen LogP contribution < -0.4 is 0 Å². The quantitative estimate of drug-likeness (QED) is 0.740. The van der Waals surface area contributed by atoms with Gasteiger partial charge < -0.3 is 4.90 Å². The first-order valence-corrected chi connectivity index (χ1v) is 7.20. The Kier molecular flexibility index (Phi) is 4.38. The van der Waals surface area contributed by atoms with Gasteiger partial charge in [-0.05, 0) is 26.2 Å². The molecule has 2 rings (SSSR count). The minimum atomic E-state index is 0.141. The van der Waals surface area contributed by atoms with Crippen LogP contribution in [0.1, 0.15) is 39.5 Å². The summed E-state index contributed by atoms with van der Waals surface area (Å²) in [5.41, 5.74) is 0. The fourth-order valence-electron chi connectivity index (χ4n) is 2.78. The van der Waals surface area contributed by atoms with Crippen molar-refractivity contribution in [3.05, 3.63) is 0 Å². The zero-order valence-corrected chi connectivity index (χ0v) is 11.5. The van der Waals surface area contributed by atoms with E-state index in [0.29, 0.717) is 24.8 Å². The van der Waals surface area contributed by atoms with E-state index in [1.165, 1.54) is 0 Å². The Balaban J connectivity index is 1.85. The number of ketones is 1. The minimum absolute atomic E-state index is 0.141. The second-order valence-electron chi connectivity index (χ2n) is 5.47. The molecule has 2 fully saturated rings. The average Bonchev–Trinajstić information content (AvgIpc) is 3.17. The number of amides is 1. The van der Waals surface area contributed by atoms with E-state index in [-0.39, 0.29) is 11.8 Å². The van der Waals surface area contributed by atoms with Crippen LogP contribution in [0.25, 0.3) is 0 Å². The summed E-state index contributed by atoms with van der Waals surface area (Å²) in [7, 11) is 0. The van der Waals surface area contributed by atoms with Gasteiger partial charge in [-0.25, -0.2) is 0 Å². The van der Waals surface area contributed by atoms with E-state index in [1.54, 1.807) is 0 Å². The molecule has 0 N–H and O–H groups in total. The standard InChI is InChI=1S/C14H24N2O2/c1-3-11-9-15(8-7-13(11)17)10-14(18)16(4-2)12-5-6-12/h11-12H,3-10H2,1-2H3. The lowest BCUT2D eigenvalue weighted by Gasteiger charge is -2.32. The van der Waals surface area contributed by atoms with Crippen LogP contribution in [0.3, 0.4) is 0 Å². The lowest BCUT2D eigenvalue weighted by Crippen LogP contribution is -2.47. The summed E-state index contributed by atoms with van der Waals surface area (Å²) in [6, 6.07) is 0.496. The van der Waals surface area contributed by atoms with Crippen molar-refractivity contribution >= 4 is 11.7 Å².